The van der Waals surface area contributed by atoms with Gasteiger partial charge in [-0.3, -0.25) is 9.69 Å². The lowest BCUT2D eigenvalue weighted by Crippen LogP contribution is -2.37. The Morgan fingerprint density at radius 3 is 2.17 bits per heavy atom. The van der Waals surface area contributed by atoms with Gasteiger partial charge in [0.1, 0.15) is 5.82 Å². The minimum absolute atomic E-state index is 0.00625. The Morgan fingerprint density at radius 2 is 1.56 bits per heavy atom. The third-order valence-corrected chi connectivity index (χ3v) is 6.66. The first kappa shape index (κ1) is 25.2. The van der Waals surface area contributed by atoms with Crippen molar-refractivity contribution in [2.45, 2.75) is 38.6 Å². The quantitative estimate of drug-likeness (QED) is 0.396. The predicted molar refractivity (Wildman–Crippen MR) is 145 cm³/mol. The van der Waals surface area contributed by atoms with Crippen molar-refractivity contribution in [3.63, 3.8) is 0 Å². The molecule has 0 radical (unpaired) electrons. The second-order valence-electron chi connectivity index (χ2n) is 9.49. The molecule has 1 N–H and O–H groups in total. The number of rotatable bonds is 8. The maximum absolute atomic E-state index is 13.6. The van der Waals surface area contributed by atoms with Crippen molar-refractivity contribution in [1.29, 1.82) is 0 Å². The topological polar surface area (TPSA) is 73.7 Å². The van der Waals surface area contributed by atoms with Gasteiger partial charge in [0, 0.05) is 31.8 Å². The van der Waals surface area contributed by atoms with Gasteiger partial charge in [0.15, 0.2) is 0 Å². The van der Waals surface area contributed by atoms with Crippen molar-refractivity contribution in [2.24, 2.45) is 5.92 Å². The van der Waals surface area contributed by atoms with Crippen molar-refractivity contribution in [3.8, 4) is 11.1 Å². The molecule has 2 aromatic carbocycles. The first-order valence-corrected chi connectivity index (χ1v) is 12.5. The lowest BCUT2D eigenvalue weighted by molar-refractivity contribution is -0.131. The summed E-state index contributed by atoms with van der Waals surface area (Å²) < 4.78 is 0. The zero-order valence-corrected chi connectivity index (χ0v) is 20.9. The summed E-state index contributed by atoms with van der Waals surface area (Å²) in [6, 6.07) is 22.1. The van der Waals surface area contributed by atoms with Gasteiger partial charge in [0.05, 0.1) is 12.2 Å². The molecule has 0 saturated heterocycles. The van der Waals surface area contributed by atoms with Crippen molar-refractivity contribution < 1.29 is 14.7 Å². The van der Waals surface area contributed by atoms with Crippen molar-refractivity contribution in [1.82, 2.24) is 4.98 Å². The SMILES string of the molecule is CN(C)c1ccc(-c2ccc(CN(C(=O)C3CCCCC3)c3cccc(C=CC(=O)O)n3)cc2)cc1. The molecule has 1 heterocycles. The Balaban J connectivity index is 1.58. The Morgan fingerprint density at radius 1 is 0.917 bits per heavy atom. The van der Waals surface area contributed by atoms with Crippen molar-refractivity contribution >= 4 is 29.5 Å². The van der Waals surface area contributed by atoms with E-state index in [1.54, 1.807) is 11.0 Å². The van der Waals surface area contributed by atoms with Crippen LogP contribution in [0.2, 0.25) is 0 Å². The summed E-state index contributed by atoms with van der Waals surface area (Å²) in [7, 11) is 4.05. The Kier molecular flexibility index (Phi) is 8.16. The number of hydrogen-bond acceptors (Lipinski definition) is 4. The molecule has 4 rings (SSSR count). The number of benzene rings is 2. The van der Waals surface area contributed by atoms with Gasteiger partial charge in [-0.2, -0.15) is 0 Å². The average Bonchev–Trinajstić information content (AvgIpc) is 2.91. The zero-order valence-electron chi connectivity index (χ0n) is 20.9. The lowest BCUT2D eigenvalue weighted by atomic mass is 9.88. The van der Waals surface area contributed by atoms with Crippen LogP contribution in [-0.2, 0) is 16.1 Å². The third-order valence-electron chi connectivity index (χ3n) is 6.66. The van der Waals surface area contributed by atoms with E-state index in [-0.39, 0.29) is 11.8 Å². The maximum Gasteiger partial charge on any atom is 0.328 e. The molecule has 6 heteroatoms. The summed E-state index contributed by atoms with van der Waals surface area (Å²) in [4.78, 5) is 33.0. The molecule has 0 atom stereocenters. The molecule has 3 aromatic rings. The fourth-order valence-electron chi connectivity index (χ4n) is 4.62. The van der Waals surface area contributed by atoms with Gasteiger partial charge >= 0.3 is 5.97 Å². The van der Waals surface area contributed by atoms with Gasteiger partial charge in [-0.1, -0.05) is 61.7 Å². The smallest absolute Gasteiger partial charge is 0.328 e. The van der Waals surface area contributed by atoms with E-state index in [0.29, 0.717) is 18.1 Å². The number of anilines is 2. The number of carboxylic acid groups (broad SMARTS) is 1. The molecule has 1 fully saturated rings. The Labute approximate surface area is 212 Å². The number of nitrogens with zero attached hydrogens (tertiary/aromatic N) is 3. The second kappa shape index (κ2) is 11.7. The molecule has 6 nitrogen and oxygen atoms in total. The van der Waals surface area contributed by atoms with E-state index in [2.05, 4.69) is 58.4 Å². The molecule has 1 aliphatic rings. The van der Waals surface area contributed by atoms with E-state index in [9.17, 15) is 9.59 Å². The highest BCUT2D eigenvalue weighted by Crippen LogP contribution is 2.29. The van der Waals surface area contributed by atoms with Gasteiger partial charge < -0.3 is 10.0 Å². The lowest BCUT2D eigenvalue weighted by Gasteiger charge is -2.29. The van der Waals surface area contributed by atoms with Crippen LogP contribution in [-0.4, -0.2) is 36.1 Å². The molecular formula is C30H33N3O3. The molecule has 186 valence electrons. The largest absolute Gasteiger partial charge is 0.478 e. The zero-order chi connectivity index (χ0) is 25.5. The van der Waals surface area contributed by atoms with Crippen LogP contribution in [0.15, 0.2) is 72.8 Å². The average molecular weight is 484 g/mol. The second-order valence-corrected chi connectivity index (χ2v) is 9.49. The van der Waals surface area contributed by atoms with E-state index in [0.717, 1.165) is 54.1 Å². The van der Waals surface area contributed by atoms with Crippen LogP contribution in [0.1, 0.15) is 43.4 Å². The first-order valence-electron chi connectivity index (χ1n) is 12.5. The summed E-state index contributed by atoms with van der Waals surface area (Å²) in [6.45, 7) is 0.411. The van der Waals surface area contributed by atoms with E-state index in [1.807, 2.05) is 26.2 Å². The summed E-state index contributed by atoms with van der Waals surface area (Å²) in [5.74, 6) is -0.409. The maximum atomic E-state index is 13.6. The molecule has 1 amide bonds. The number of aromatic nitrogens is 1. The molecule has 0 aliphatic heterocycles. The minimum Gasteiger partial charge on any atom is -0.478 e. The molecule has 0 spiro atoms. The van der Waals surface area contributed by atoms with Gasteiger partial charge in [-0.05, 0) is 59.9 Å². The standard InChI is InChI=1S/C30H33N3O3/c1-32(2)27-18-15-24(16-19-27)23-13-11-22(12-14-23)21-33(30(36)25-7-4-3-5-8-25)28-10-6-9-26(31-28)17-20-29(34)35/h6,9-20,25H,3-5,7-8,21H2,1-2H3,(H,34,35). The van der Waals surface area contributed by atoms with Crippen molar-refractivity contribution in [2.75, 3.05) is 23.9 Å². The molecular weight excluding hydrogens is 450 g/mol. The summed E-state index contributed by atoms with van der Waals surface area (Å²) >= 11 is 0. The van der Waals surface area contributed by atoms with Crippen LogP contribution in [0.25, 0.3) is 17.2 Å². The number of carboxylic acids is 1. The van der Waals surface area contributed by atoms with Crippen LogP contribution in [0, 0.1) is 5.92 Å². The number of pyridine rings is 1. The number of amides is 1. The first-order chi connectivity index (χ1) is 17.4. The molecule has 1 aromatic heterocycles. The van der Waals surface area contributed by atoms with Gasteiger partial charge in [-0.25, -0.2) is 9.78 Å². The molecule has 1 aliphatic carbocycles. The normalized spacial score (nSPS) is 14.1. The van der Waals surface area contributed by atoms with Crippen LogP contribution in [0.5, 0.6) is 0 Å². The van der Waals surface area contributed by atoms with E-state index >= 15 is 0 Å². The van der Waals surface area contributed by atoms with E-state index in [4.69, 9.17) is 5.11 Å². The highest BCUT2D eigenvalue weighted by atomic mass is 16.4. The third kappa shape index (κ3) is 6.39. The number of hydrogen-bond donors (Lipinski definition) is 1. The van der Waals surface area contributed by atoms with E-state index < -0.39 is 5.97 Å². The highest BCUT2D eigenvalue weighted by Gasteiger charge is 2.28. The van der Waals surface area contributed by atoms with Crippen LogP contribution in [0.4, 0.5) is 11.5 Å². The van der Waals surface area contributed by atoms with E-state index in [1.165, 1.54) is 12.5 Å². The molecule has 0 unspecified atom stereocenters. The summed E-state index contributed by atoms with van der Waals surface area (Å²) in [5, 5.41) is 8.97. The number of aliphatic carboxylic acids is 1. The monoisotopic (exact) mass is 483 g/mol. The molecule has 36 heavy (non-hydrogen) atoms. The fourth-order valence-corrected chi connectivity index (χ4v) is 4.62. The number of carbonyl (C=O) groups excluding carboxylic acids is 1. The minimum atomic E-state index is -1.03. The number of carbonyl (C=O) groups is 2. The van der Waals surface area contributed by atoms with Crippen LogP contribution < -0.4 is 9.80 Å². The highest BCUT2D eigenvalue weighted by molar-refractivity contribution is 5.94. The Bertz CT molecular complexity index is 1210. The summed E-state index contributed by atoms with van der Waals surface area (Å²) in [6.07, 6.45) is 7.62. The van der Waals surface area contributed by atoms with Gasteiger partial charge in [0.2, 0.25) is 5.91 Å². The Hall–Kier alpha value is -3.93. The van der Waals surface area contributed by atoms with Crippen LogP contribution in [0.3, 0.4) is 0 Å². The van der Waals surface area contributed by atoms with Crippen molar-refractivity contribution in [3.05, 3.63) is 84.1 Å². The van der Waals surface area contributed by atoms with Gasteiger partial charge in [0.25, 0.3) is 0 Å². The van der Waals surface area contributed by atoms with Gasteiger partial charge in [-0.15, -0.1) is 0 Å². The fraction of sp³-hybridized carbons (Fsp3) is 0.300. The predicted octanol–water partition coefficient (Wildman–Crippen LogP) is 6.03. The van der Waals surface area contributed by atoms with Crippen LogP contribution >= 0.6 is 0 Å². The molecule has 0 bridgehead atoms. The molecule has 1 saturated carbocycles. The summed E-state index contributed by atoms with van der Waals surface area (Å²) in [5.41, 5.74) is 4.93.